The highest BCUT2D eigenvalue weighted by Crippen LogP contribution is 2.42. The Morgan fingerprint density at radius 1 is 0.846 bits per heavy atom. The number of nitrogens with zero attached hydrogens (tertiary/aromatic N) is 3. The molecule has 1 fully saturated rings. The van der Waals surface area contributed by atoms with E-state index in [1.165, 1.54) is 76.2 Å². The molecule has 1 aromatic carbocycles. The van der Waals surface area contributed by atoms with Gasteiger partial charge in [-0.15, -0.1) is 10.2 Å². The highest BCUT2D eigenvalue weighted by molar-refractivity contribution is 5.75. The molecule has 2 aromatic rings. The molecule has 0 spiro atoms. The maximum Gasteiger partial charge on any atom is 0.315 e. The molecule has 1 heterocycles. The second-order valence-corrected chi connectivity index (χ2v) is 11.6. The van der Waals surface area contributed by atoms with Gasteiger partial charge in [-0.25, -0.2) is 0 Å². The zero-order valence-corrected chi connectivity index (χ0v) is 24.4. The topological polar surface area (TPSA) is 75.9 Å². The number of aromatic nitrogens is 2. The molecule has 1 saturated carbocycles. The normalized spacial score (nSPS) is 18.9. The summed E-state index contributed by atoms with van der Waals surface area (Å²) in [5.41, 5.74) is 2.87. The molecule has 0 radical (unpaired) electrons. The van der Waals surface area contributed by atoms with Gasteiger partial charge < -0.3 is 4.74 Å². The summed E-state index contributed by atoms with van der Waals surface area (Å²) in [5, 5.41) is 18.3. The van der Waals surface area contributed by atoms with Crippen molar-refractivity contribution in [2.24, 2.45) is 11.3 Å². The first-order chi connectivity index (χ1) is 19.1. The Balaban J connectivity index is 1.41. The molecule has 1 aromatic heterocycles. The van der Waals surface area contributed by atoms with Crippen LogP contribution in [0.15, 0.2) is 36.4 Å². The minimum Gasteiger partial charge on any atom is -0.406 e. The van der Waals surface area contributed by atoms with Gasteiger partial charge in [-0.1, -0.05) is 109 Å². The average molecular weight is 532 g/mol. The van der Waals surface area contributed by atoms with E-state index in [9.17, 15) is 10.1 Å². The summed E-state index contributed by atoms with van der Waals surface area (Å²) >= 11 is 0. The third-order valence-electron chi connectivity index (χ3n) is 8.44. The van der Waals surface area contributed by atoms with Gasteiger partial charge in [0.05, 0.1) is 23.1 Å². The van der Waals surface area contributed by atoms with Gasteiger partial charge in [0.25, 0.3) is 0 Å². The highest BCUT2D eigenvalue weighted by Gasteiger charge is 2.38. The van der Waals surface area contributed by atoms with E-state index in [2.05, 4.69) is 54.4 Å². The van der Waals surface area contributed by atoms with Crippen molar-refractivity contribution in [3.63, 3.8) is 0 Å². The second-order valence-electron chi connectivity index (χ2n) is 11.6. The zero-order valence-electron chi connectivity index (χ0n) is 24.4. The largest absolute Gasteiger partial charge is 0.406 e. The fourth-order valence-electron chi connectivity index (χ4n) is 5.73. The van der Waals surface area contributed by atoms with Crippen molar-refractivity contribution in [2.45, 2.75) is 129 Å². The van der Waals surface area contributed by atoms with Crippen molar-refractivity contribution in [1.82, 2.24) is 10.2 Å². The van der Waals surface area contributed by atoms with Crippen molar-refractivity contribution in [3.8, 4) is 23.2 Å². The number of nitriles is 1. The van der Waals surface area contributed by atoms with E-state index in [1.807, 2.05) is 6.07 Å². The summed E-state index contributed by atoms with van der Waals surface area (Å²) < 4.78 is 5.58. The molecule has 1 aliphatic carbocycles. The fourth-order valence-corrected chi connectivity index (χ4v) is 5.73. The van der Waals surface area contributed by atoms with Gasteiger partial charge in [-0.3, -0.25) is 4.79 Å². The summed E-state index contributed by atoms with van der Waals surface area (Å²) in [5.74, 6) is -0.175. The number of esters is 1. The first kappa shape index (κ1) is 30.8. The maximum atomic E-state index is 12.8. The molecule has 3 rings (SSSR count). The second kappa shape index (κ2) is 17.1. The summed E-state index contributed by atoms with van der Waals surface area (Å²) in [7, 11) is 0. The van der Waals surface area contributed by atoms with E-state index in [0.29, 0.717) is 12.8 Å². The predicted octanol–water partition coefficient (Wildman–Crippen LogP) is 9.40. The monoisotopic (exact) mass is 531 g/mol. The van der Waals surface area contributed by atoms with Crippen molar-refractivity contribution < 1.29 is 9.53 Å². The average Bonchev–Trinajstić information content (AvgIpc) is 2.97. The molecule has 0 amide bonds. The van der Waals surface area contributed by atoms with Crippen LogP contribution in [-0.2, 0) is 11.2 Å². The number of carbonyl (C=O) groups excluding carboxylic acids is 1. The lowest BCUT2D eigenvalue weighted by atomic mass is 9.69. The molecule has 0 bridgehead atoms. The molecule has 0 atom stereocenters. The van der Waals surface area contributed by atoms with Crippen LogP contribution in [0.4, 0.5) is 0 Å². The van der Waals surface area contributed by atoms with Crippen LogP contribution in [0.2, 0.25) is 0 Å². The quantitative estimate of drug-likeness (QED) is 0.150. The van der Waals surface area contributed by atoms with E-state index < -0.39 is 0 Å². The smallest absolute Gasteiger partial charge is 0.315 e. The Kier molecular flexibility index (Phi) is 13.5. The van der Waals surface area contributed by atoms with Crippen LogP contribution >= 0.6 is 0 Å². The van der Waals surface area contributed by atoms with E-state index in [4.69, 9.17) is 4.74 Å². The molecular formula is C34H49N3O2. The molecule has 0 N–H and O–H groups in total. The van der Waals surface area contributed by atoms with Crippen LogP contribution in [0.5, 0.6) is 5.88 Å². The van der Waals surface area contributed by atoms with Crippen LogP contribution < -0.4 is 4.74 Å². The Labute approximate surface area is 236 Å². The molecule has 212 valence electrons. The Bertz CT molecular complexity index is 1000. The number of hydrogen-bond donors (Lipinski definition) is 0. The summed E-state index contributed by atoms with van der Waals surface area (Å²) in [6.07, 6.45) is 20.3. The number of benzene rings is 1. The van der Waals surface area contributed by atoms with Gasteiger partial charge in [-0.2, -0.15) is 5.26 Å². The van der Waals surface area contributed by atoms with E-state index in [0.717, 1.165) is 43.4 Å². The number of unbranched alkanes of at least 4 members (excludes halogenated alkanes) is 10. The van der Waals surface area contributed by atoms with Crippen LogP contribution in [0, 0.1) is 22.7 Å². The summed E-state index contributed by atoms with van der Waals surface area (Å²) in [6, 6.07) is 14.7. The van der Waals surface area contributed by atoms with Crippen molar-refractivity contribution in [1.29, 1.82) is 5.26 Å². The van der Waals surface area contributed by atoms with Crippen molar-refractivity contribution >= 4 is 5.97 Å². The lowest BCUT2D eigenvalue weighted by molar-refractivity contribution is -0.141. The molecular weight excluding hydrogens is 482 g/mol. The third kappa shape index (κ3) is 10.4. The standard InChI is InChI=1S/C34H49N3O2/c1-3-5-7-9-10-11-13-15-28-16-18-29(19-17-28)31-20-21-32(37-36-31)39-33(38)30-22-25-34(27-35,26-23-30)24-14-12-8-6-4-2/h16-21,30H,3-15,22-26H2,1-2H3. The molecule has 5 nitrogen and oxygen atoms in total. The van der Waals surface area contributed by atoms with E-state index in [1.54, 1.807) is 6.07 Å². The van der Waals surface area contributed by atoms with Crippen LogP contribution in [0.1, 0.15) is 129 Å². The first-order valence-corrected chi connectivity index (χ1v) is 15.6. The van der Waals surface area contributed by atoms with E-state index >= 15 is 0 Å². The van der Waals surface area contributed by atoms with Crippen LogP contribution in [0.3, 0.4) is 0 Å². The van der Waals surface area contributed by atoms with Gasteiger partial charge in [0, 0.05) is 11.6 Å². The van der Waals surface area contributed by atoms with Gasteiger partial charge in [0.2, 0.25) is 5.88 Å². The molecule has 0 unspecified atom stereocenters. The van der Waals surface area contributed by atoms with Gasteiger partial charge >= 0.3 is 5.97 Å². The minimum absolute atomic E-state index is 0.170. The molecule has 39 heavy (non-hydrogen) atoms. The summed E-state index contributed by atoms with van der Waals surface area (Å²) in [6.45, 7) is 4.47. The zero-order chi connectivity index (χ0) is 27.8. The lowest BCUT2D eigenvalue weighted by Crippen LogP contribution is -2.31. The Hall–Kier alpha value is -2.74. The van der Waals surface area contributed by atoms with Gasteiger partial charge in [-0.05, 0) is 56.6 Å². The predicted molar refractivity (Wildman–Crippen MR) is 158 cm³/mol. The fraction of sp³-hybridized carbons (Fsp3) is 0.647. The number of aryl methyl sites for hydroxylation is 1. The summed E-state index contributed by atoms with van der Waals surface area (Å²) in [4.78, 5) is 12.8. The number of carbonyl (C=O) groups is 1. The molecule has 1 aliphatic rings. The third-order valence-corrected chi connectivity index (χ3v) is 8.44. The number of rotatable bonds is 17. The van der Waals surface area contributed by atoms with Crippen molar-refractivity contribution in [3.05, 3.63) is 42.0 Å². The van der Waals surface area contributed by atoms with Crippen molar-refractivity contribution in [2.75, 3.05) is 0 Å². The van der Waals surface area contributed by atoms with Gasteiger partial charge in [0.15, 0.2) is 0 Å². The maximum absolute atomic E-state index is 12.8. The molecule has 5 heteroatoms. The first-order valence-electron chi connectivity index (χ1n) is 15.6. The highest BCUT2D eigenvalue weighted by atomic mass is 16.5. The molecule has 0 aliphatic heterocycles. The SMILES string of the molecule is CCCCCCCCCc1ccc(-c2ccc(OC(=O)C3CCC(C#N)(CCCCCCC)CC3)nn2)cc1. The minimum atomic E-state index is -0.270. The number of ether oxygens (including phenoxy) is 1. The Morgan fingerprint density at radius 3 is 2.05 bits per heavy atom. The molecule has 0 saturated heterocycles. The number of hydrogen-bond acceptors (Lipinski definition) is 5. The van der Waals surface area contributed by atoms with Gasteiger partial charge in [0.1, 0.15) is 0 Å². The Morgan fingerprint density at radius 2 is 1.46 bits per heavy atom. The van der Waals surface area contributed by atoms with Crippen LogP contribution in [-0.4, -0.2) is 16.2 Å². The lowest BCUT2D eigenvalue weighted by Gasteiger charge is -2.34. The van der Waals surface area contributed by atoms with E-state index in [-0.39, 0.29) is 23.2 Å². The van der Waals surface area contributed by atoms with Crippen LogP contribution in [0.25, 0.3) is 11.3 Å².